The van der Waals surface area contributed by atoms with Crippen LogP contribution in [0.1, 0.15) is 47.0 Å². The minimum absolute atomic E-state index is 0. The lowest BCUT2D eigenvalue weighted by molar-refractivity contribution is 0.182. The van der Waals surface area contributed by atoms with Gasteiger partial charge in [-0.15, -0.1) is 12.4 Å². The molecule has 13 heavy (non-hydrogen) atoms. The molecule has 3 unspecified atom stereocenters. The van der Waals surface area contributed by atoms with Gasteiger partial charge in [-0.05, 0) is 43.4 Å². The van der Waals surface area contributed by atoms with E-state index in [4.69, 9.17) is 5.73 Å². The first-order chi connectivity index (χ1) is 5.44. The van der Waals surface area contributed by atoms with Gasteiger partial charge in [0.15, 0.2) is 0 Å². The van der Waals surface area contributed by atoms with E-state index in [0.717, 1.165) is 11.8 Å². The number of hydrogen-bond donors (Lipinski definition) is 1. The summed E-state index contributed by atoms with van der Waals surface area (Å²) >= 11 is 0. The summed E-state index contributed by atoms with van der Waals surface area (Å²) in [7, 11) is 0. The Hall–Kier alpha value is 0.250. The molecule has 0 aromatic rings. The second-order valence-corrected chi connectivity index (χ2v) is 5.21. The Balaban J connectivity index is 0.00000144. The molecule has 0 aromatic heterocycles. The highest BCUT2D eigenvalue weighted by Crippen LogP contribution is 2.48. The van der Waals surface area contributed by atoms with Crippen molar-refractivity contribution in [2.45, 2.75) is 53.0 Å². The van der Waals surface area contributed by atoms with E-state index >= 15 is 0 Å². The van der Waals surface area contributed by atoms with Crippen molar-refractivity contribution in [1.82, 2.24) is 0 Å². The van der Waals surface area contributed by atoms with E-state index < -0.39 is 0 Å². The fraction of sp³-hybridized carbons (Fsp3) is 1.00. The SMILES string of the molecule is CC(N)CC1CCC(C)C1(C)C.Cl. The molecule has 1 saturated carbocycles. The molecular weight excluding hydrogens is 182 g/mol. The second-order valence-electron chi connectivity index (χ2n) is 5.21. The monoisotopic (exact) mass is 205 g/mol. The Morgan fingerprint density at radius 3 is 2.23 bits per heavy atom. The van der Waals surface area contributed by atoms with Gasteiger partial charge in [-0.3, -0.25) is 0 Å². The molecule has 1 fully saturated rings. The van der Waals surface area contributed by atoms with Crippen molar-refractivity contribution >= 4 is 12.4 Å². The molecule has 0 aromatic carbocycles. The normalized spacial score (nSPS) is 33.9. The summed E-state index contributed by atoms with van der Waals surface area (Å²) in [6.07, 6.45) is 3.98. The third-order valence-electron chi connectivity index (χ3n) is 3.93. The molecule has 1 nitrogen and oxygen atoms in total. The quantitative estimate of drug-likeness (QED) is 0.736. The van der Waals surface area contributed by atoms with Gasteiger partial charge in [-0.25, -0.2) is 0 Å². The lowest BCUT2D eigenvalue weighted by Crippen LogP contribution is -2.28. The van der Waals surface area contributed by atoms with Crippen LogP contribution < -0.4 is 5.73 Å². The zero-order valence-electron chi connectivity index (χ0n) is 9.34. The molecule has 0 heterocycles. The number of nitrogens with two attached hydrogens (primary N) is 1. The first-order valence-corrected chi connectivity index (χ1v) is 5.20. The van der Waals surface area contributed by atoms with E-state index in [2.05, 4.69) is 27.7 Å². The van der Waals surface area contributed by atoms with Crippen LogP contribution in [0.3, 0.4) is 0 Å². The molecular formula is C11H24ClN. The first-order valence-electron chi connectivity index (χ1n) is 5.20. The molecule has 1 aliphatic carbocycles. The van der Waals surface area contributed by atoms with Gasteiger partial charge in [0, 0.05) is 6.04 Å². The Morgan fingerprint density at radius 1 is 1.38 bits per heavy atom. The van der Waals surface area contributed by atoms with E-state index in [1.54, 1.807) is 0 Å². The molecule has 1 aliphatic rings. The molecule has 3 atom stereocenters. The average Bonchev–Trinajstić information content (AvgIpc) is 2.15. The Kier molecular flexibility index (Phi) is 4.74. The molecule has 2 heteroatoms. The lowest BCUT2D eigenvalue weighted by Gasteiger charge is -2.32. The summed E-state index contributed by atoms with van der Waals surface area (Å²) < 4.78 is 0. The van der Waals surface area contributed by atoms with Gasteiger partial charge in [0.2, 0.25) is 0 Å². The van der Waals surface area contributed by atoms with Gasteiger partial charge in [0.25, 0.3) is 0 Å². The summed E-state index contributed by atoms with van der Waals surface area (Å²) in [6.45, 7) is 9.30. The lowest BCUT2D eigenvalue weighted by atomic mass is 9.74. The van der Waals surface area contributed by atoms with Crippen LogP contribution in [0.4, 0.5) is 0 Å². The summed E-state index contributed by atoms with van der Waals surface area (Å²) in [6, 6.07) is 0.375. The molecule has 0 bridgehead atoms. The average molecular weight is 206 g/mol. The first kappa shape index (κ1) is 13.2. The summed E-state index contributed by atoms with van der Waals surface area (Å²) in [4.78, 5) is 0. The van der Waals surface area contributed by atoms with Crippen LogP contribution in [0.2, 0.25) is 0 Å². The van der Waals surface area contributed by atoms with Crippen molar-refractivity contribution in [1.29, 1.82) is 0 Å². The maximum absolute atomic E-state index is 5.84. The molecule has 0 saturated heterocycles. The van der Waals surface area contributed by atoms with Crippen molar-refractivity contribution in [2.75, 3.05) is 0 Å². The topological polar surface area (TPSA) is 26.0 Å². The van der Waals surface area contributed by atoms with E-state index in [1.165, 1.54) is 19.3 Å². The van der Waals surface area contributed by atoms with Crippen LogP contribution >= 0.6 is 12.4 Å². The maximum Gasteiger partial charge on any atom is 0.00133 e. The van der Waals surface area contributed by atoms with Crippen LogP contribution in [0, 0.1) is 17.3 Å². The third-order valence-corrected chi connectivity index (χ3v) is 3.93. The molecule has 0 amide bonds. The fourth-order valence-corrected chi connectivity index (χ4v) is 2.47. The minimum Gasteiger partial charge on any atom is -0.328 e. The second kappa shape index (κ2) is 4.65. The van der Waals surface area contributed by atoms with Crippen LogP contribution in [-0.4, -0.2) is 6.04 Å². The smallest absolute Gasteiger partial charge is 0.00133 e. The van der Waals surface area contributed by atoms with Crippen LogP contribution in [-0.2, 0) is 0 Å². The Bertz CT molecular complexity index is 154. The third kappa shape index (κ3) is 2.85. The van der Waals surface area contributed by atoms with Gasteiger partial charge in [-0.1, -0.05) is 20.8 Å². The predicted molar refractivity (Wildman–Crippen MR) is 61.2 cm³/mol. The van der Waals surface area contributed by atoms with Gasteiger partial charge in [0.05, 0.1) is 0 Å². The standard InChI is InChI=1S/C11H23N.ClH/c1-8-5-6-10(7-9(2)12)11(8,3)4;/h8-10H,5-7,12H2,1-4H3;1H. The van der Waals surface area contributed by atoms with Gasteiger partial charge >= 0.3 is 0 Å². The highest BCUT2D eigenvalue weighted by atomic mass is 35.5. The molecule has 0 spiro atoms. The summed E-state index contributed by atoms with van der Waals surface area (Å²) in [5, 5.41) is 0. The summed E-state index contributed by atoms with van der Waals surface area (Å²) in [5.41, 5.74) is 6.36. The molecule has 80 valence electrons. The number of rotatable bonds is 2. The van der Waals surface area contributed by atoms with E-state index in [0.29, 0.717) is 11.5 Å². The van der Waals surface area contributed by atoms with Crippen molar-refractivity contribution < 1.29 is 0 Å². The van der Waals surface area contributed by atoms with Crippen LogP contribution in [0.25, 0.3) is 0 Å². The Morgan fingerprint density at radius 2 is 1.92 bits per heavy atom. The van der Waals surface area contributed by atoms with E-state index in [9.17, 15) is 0 Å². The van der Waals surface area contributed by atoms with Crippen molar-refractivity contribution in [2.24, 2.45) is 23.0 Å². The molecule has 0 aliphatic heterocycles. The minimum atomic E-state index is 0. The summed E-state index contributed by atoms with van der Waals surface area (Å²) in [5.74, 6) is 1.73. The van der Waals surface area contributed by atoms with E-state index in [-0.39, 0.29) is 12.4 Å². The zero-order valence-corrected chi connectivity index (χ0v) is 10.2. The van der Waals surface area contributed by atoms with Gasteiger partial charge in [0.1, 0.15) is 0 Å². The van der Waals surface area contributed by atoms with Gasteiger partial charge < -0.3 is 5.73 Å². The Labute approximate surface area is 88.9 Å². The maximum atomic E-state index is 5.84. The van der Waals surface area contributed by atoms with Crippen molar-refractivity contribution in [3.05, 3.63) is 0 Å². The molecule has 1 rings (SSSR count). The highest BCUT2D eigenvalue weighted by molar-refractivity contribution is 5.85. The number of halogens is 1. The van der Waals surface area contributed by atoms with Gasteiger partial charge in [-0.2, -0.15) is 0 Å². The van der Waals surface area contributed by atoms with Crippen molar-refractivity contribution in [3.63, 3.8) is 0 Å². The van der Waals surface area contributed by atoms with Crippen LogP contribution in [0.15, 0.2) is 0 Å². The fourth-order valence-electron chi connectivity index (χ4n) is 2.47. The number of hydrogen-bond acceptors (Lipinski definition) is 1. The van der Waals surface area contributed by atoms with Crippen molar-refractivity contribution in [3.8, 4) is 0 Å². The van der Waals surface area contributed by atoms with Crippen LogP contribution in [0.5, 0.6) is 0 Å². The zero-order chi connectivity index (χ0) is 9.35. The molecule has 0 radical (unpaired) electrons. The highest BCUT2D eigenvalue weighted by Gasteiger charge is 2.40. The van der Waals surface area contributed by atoms with E-state index in [1.807, 2.05) is 0 Å². The molecule has 2 N–H and O–H groups in total. The predicted octanol–water partition coefficient (Wildman–Crippen LogP) is 3.22. The largest absolute Gasteiger partial charge is 0.328 e.